The van der Waals surface area contributed by atoms with Crippen LogP contribution in [-0.4, -0.2) is 24.4 Å². The Labute approximate surface area is 101 Å². The number of carbonyl (C=O) groups is 1. The number of rotatable bonds is 5. The molecule has 1 amide bonds. The molecule has 3 nitrogen and oxygen atoms in total. The Kier molecular flexibility index (Phi) is 4.94. The second-order valence-electron chi connectivity index (χ2n) is 4.17. The molecule has 17 heavy (non-hydrogen) atoms. The van der Waals surface area contributed by atoms with E-state index >= 15 is 0 Å². The summed E-state index contributed by atoms with van der Waals surface area (Å²) in [6.45, 7) is 2.75. The molecule has 0 fully saturated rings. The van der Waals surface area contributed by atoms with Gasteiger partial charge in [0.25, 0.3) is 5.91 Å². The molecule has 0 bridgehead atoms. The summed E-state index contributed by atoms with van der Waals surface area (Å²) in [4.78, 5) is 13.5. The van der Waals surface area contributed by atoms with Crippen LogP contribution in [-0.2, 0) is 0 Å². The van der Waals surface area contributed by atoms with Crippen LogP contribution in [0.4, 0.5) is 10.1 Å². The molecule has 0 heterocycles. The molecule has 1 aromatic rings. The highest BCUT2D eigenvalue weighted by molar-refractivity contribution is 5.94. The molecule has 0 saturated carbocycles. The molecule has 0 aromatic heterocycles. The summed E-state index contributed by atoms with van der Waals surface area (Å²) in [7, 11) is 1.69. The van der Waals surface area contributed by atoms with E-state index in [4.69, 9.17) is 5.73 Å². The first-order chi connectivity index (χ1) is 8.06. The average molecular weight is 238 g/mol. The van der Waals surface area contributed by atoms with Crippen molar-refractivity contribution in [1.82, 2.24) is 4.90 Å². The summed E-state index contributed by atoms with van der Waals surface area (Å²) in [6, 6.07) is 4.15. The van der Waals surface area contributed by atoms with E-state index in [1.165, 1.54) is 18.2 Å². The first-order valence-electron chi connectivity index (χ1n) is 5.86. The lowest BCUT2D eigenvalue weighted by atomic mass is 10.1. The van der Waals surface area contributed by atoms with E-state index in [9.17, 15) is 9.18 Å². The van der Waals surface area contributed by atoms with Gasteiger partial charge in [-0.15, -0.1) is 0 Å². The molecule has 4 heteroatoms. The van der Waals surface area contributed by atoms with Crippen molar-refractivity contribution in [2.75, 3.05) is 19.3 Å². The van der Waals surface area contributed by atoms with Crippen LogP contribution in [0.2, 0.25) is 0 Å². The zero-order valence-electron chi connectivity index (χ0n) is 10.4. The topological polar surface area (TPSA) is 46.3 Å². The van der Waals surface area contributed by atoms with Crippen LogP contribution in [0, 0.1) is 5.82 Å². The maximum absolute atomic E-state index is 13.5. The van der Waals surface area contributed by atoms with Crippen LogP contribution in [0.3, 0.4) is 0 Å². The summed E-state index contributed by atoms with van der Waals surface area (Å²) < 4.78 is 13.5. The first kappa shape index (κ1) is 13.5. The number of benzene rings is 1. The van der Waals surface area contributed by atoms with E-state index in [-0.39, 0.29) is 11.5 Å². The van der Waals surface area contributed by atoms with Gasteiger partial charge >= 0.3 is 0 Å². The van der Waals surface area contributed by atoms with Crippen LogP contribution in [0.25, 0.3) is 0 Å². The highest BCUT2D eigenvalue weighted by Crippen LogP contribution is 2.14. The van der Waals surface area contributed by atoms with Gasteiger partial charge in [0.1, 0.15) is 5.82 Å². The molecule has 0 spiro atoms. The molecular formula is C13H19FN2O. The fourth-order valence-corrected chi connectivity index (χ4v) is 1.61. The van der Waals surface area contributed by atoms with Gasteiger partial charge in [0.15, 0.2) is 0 Å². The smallest absolute Gasteiger partial charge is 0.256 e. The van der Waals surface area contributed by atoms with Gasteiger partial charge in [0, 0.05) is 19.3 Å². The van der Waals surface area contributed by atoms with Crippen LogP contribution >= 0.6 is 0 Å². The lowest BCUT2D eigenvalue weighted by Gasteiger charge is -2.17. The molecule has 2 N–H and O–H groups in total. The number of nitrogen functional groups attached to an aromatic ring is 1. The van der Waals surface area contributed by atoms with Crippen molar-refractivity contribution in [2.24, 2.45) is 0 Å². The quantitative estimate of drug-likeness (QED) is 0.633. The number of nitrogens with zero attached hydrogens (tertiary/aromatic N) is 1. The van der Waals surface area contributed by atoms with Crippen molar-refractivity contribution in [3.63, 3.8) is 0 Å². The molecule has 0 unspecified atom stereocenters. The normalized spacial score (nSPS) is 10.3. The van der Waals surface area contributed by atoms with E-state index in [0.29, 0.717) is 12.2 Å². The summed E-state index contributed by atoms with van der Waals surface area (Å²) in [5.74, 6) is -0.851. The maximum Gasteiger partial charge on any atom is 0.256 e. The third kappa shape index (κ3) is 3.73. The molecule has 1 rings (SSSR count). The summed E-state index contributed by atoms with van der Waals surface area (Å²) in [5.41, 5.74) is 5.85. The second kappa shape index (κ2) is 6.23. The predicted molar refractivity (Wildman–Crippen MR) is 67.3 cm³/mol. The highest BCUT2D eigenvalue weighted by atomic mass is 19.1. The van der Waals surface area contributed by atoms with Crippen LogP contribution in [0.1, 0.15) is 36.5 Å². The number of halogens is 1. The number of nitrogens with two attached hydrogens (primary N) is 1. The van der Waals surface area contributed by atoms with Crippen molar-refractivity contribution in [3.05, 3.63) is 29.6 Å². The van der Waals surface area contributed by atoms with Gasteiger partial charge in [-0.3, -0.25) is 4.79 Å². The van der Waals surface area contributed by atoms with Gasteiger partial charge in [0.2, 0.25) is 0 Å². The largest absolute Gasteiger partial charge is 0.399 e. The number of amides is 1. The van der Waals surface area contributed by atoms with Gasteiger partial charge in [0.05, 0.1) is 5.56 Å². The van der Waals surface area contributed by atoms with Gasteiger partial charge in [-0.1, -0.05) is 19.8 Å². The molecule has 0 saturated heterocycles. The Bertz CT molecular complexity index is 393. The summed E-state index contributed by atoms with van der Waals surface area (Å²) in [5, 5.41) is 0. The first-order valence-corrected chi connectivity index (χ1v) is 5.86. The zero-order chi connectivity index (χ0) is 12.8. The average Bonchev–Trinajstić information content (AvgIpc) is 2.28. The number of carbonyl (C=O) groups excluding carboxylic acids is 1. The number of unbranched alkanes of at least 4 members (excludes halogenated alkanes) is 2. The predicted octanol–water partition coefficient (Wildman–Crippen LogP) is 2.67. The third-order valence-electron chi connectivity index (χ3n) is 2.67. The molecule has 94 valence electrons. The van der Waals surface area contributed by atoms with Gasteiger partial charge in [-0.05, 0) is 24.6 Å². The number of hydrogen-bond donors (Lipinski definition) is 1. The molecule has 0 radical (unpaired) electrons. The fraction of sp³-hybridized carbons (Fsp3) is 0.462. The van der Waals surface area contributed by atoms with Crippen LogP contribution in [0.15, 0.2) is 18.2 Å². The summed E-state index contributed by atoms with van der Waals surface area (Å²) >= 11 is 0. The molecule has 0 atom stereocenters. The summed E-state index contributed by atoms with van der Waals surface area (Å²) in [6.07, 6.45) is 3.11. The van der Waals surface area contributed by atoms with Crippen LogP contribution in [0.5, 0.6) is 0 Å². The van der Waals surface area contributed by atoms with Crippen LogP contribution < -0.4 is 5.73 Å². The molecule has 0 aliphatic carbocycles. The Morgan fingerprint density at radius 1 is 1.41 bits per heavy atom. The Balaban J connectivity index is 2.68. The van der Waals surface area contributed by atoms with E-state index in [0.717, 1.165) is 19.3 Å². The molecular weight excluding hydrogens is 219 g/mol. The van der Waals surface area contributed by atoms with E-state index in [1.807, 2.05) is 0 Å². The van der Waals surface area contributed by atoms with Gasteiger partial charge < -0.3 is 10.6 Å². The Hall–Kier alpha value is -1.58. The van der Waals surface area contributed by atoms with Crippen molar-refractivity contribution in [1.29, 1.82) is 0 Å². The standard InChI is InChI=1S/C13H19FN2O/c1-3-4-5-8-16(2)13(17)11-7-6-10(15)9-12(11)14/h6-7,9H,3-5,8,15H2,1-2H3. The SMILES string of the molecule is CCCCCN(C)C(=O)c1ccc(N)cc1F. The van der Waals surface area contributed by atoms with Gasteiger partial charge in [-0.2, -0.15) is 0 Å². The van der Waals surface area contributed by atoms with E-state index in [2.05, 4.69) is 6.92 Å². The maximum atomic E-state index is 13.5. The molecule has 0 aliphatic rings. The Morgan fingerprint density at radius 3 is 2.71 bits per heavy atom. The van der Waals surface area contributed by atoms with Crippen molar-refractivity contribution < 1.29 is 9.18 Å². The van der Waals surface area contributed by atoms with E-state index < -0.39 is 5.82 Å². The van der Waals surface area contributed by atoms with Crippen molar-refractivity contribution in [3.8, 4) is 0 Å². The minimum atomic E-state index is -0.558. The minimum absolute atomic E-state index is 0.0817. The number of anilines is 1. The van der Waals surface area contributed by atoms with Gasteiger partial charge in [-0.25, -0.2) is 4.39 Å². The van der Waals surface area contributed by atoms with E-state index in [1.54, 1.807) is 11.9 Å². The lowest BCUT2D eigenvalue weighted by Crippen LogP contribution is -2.28. The molecule has 0 aliphatic heterocycles. The monoisotopic (exact) mass is 238 g/mol. The van der Waals surface area contributed by atoms with Crippen molar-refractivity contribution >= 4 is 11.6 Å². The van der Waals surface area contributed by atoms with Crippen molar-refractivity contribution in [2.45, 2.75) is 26.2 Å². The fourth-order valence-electron chi connectivity index (χ4n) is 1.61. The highest BCUT2D eigenvalue weighted by Gasteiger charge is 2.15. The second-order valence-corrected chi connectivity index (χ2v) is 4.17. The minimum Gasteiger partial charge on any atom is -0.399 e. The number of hydrogen-bond acceptors (Lipinski definition) is 2. The lowest BCUT2D eigenvalue weighted by molar-refractivity contribution is 0.0788. The Morgan fingerprint density at radius 2 is 2.12 bits per heavy atom. The molecule has 1 aromatic carbocycles. The zero-order valence-corrected chi connectivity index (χ0v) is 10.4. The third-order valence-corrected chi connectivity index (χ3v) is 2.67.